The van der Waals surface area contributed by atoms with Crippen molar-refractivity contribution < 1.29 is 14.3 Å². The first-order valence-corrected chi connectivity index (χ1v) is 3.58. The maximum atomic E-state index is 10.9. The van der Waals surface area contributed by atoms with Gasteiger partial charge in [-0.2, -0.15) is 5.26 Å². The SMILES string of the molecule is C=C(OCC)C(=O)OCCC#N. The monoisotopic (exact) mass is 169 g/mol. The van der Waals surface area contributed by atoms with Crippen molar-refractivity contribution in [3.8, 4) is 6.07 Å². The topological polar surface area (TPSA) is 59.3 Å². The lowest BCUT2D eigenvalue weighted by atomic mass is 10.5. The number of nitriles is 1. The van der Waals surface area contributed by atoms with E-state index < -0.39 is 5.97 Å². The molecular weight excluding hydrogens is 158 g/mol. The van der Waals surface area contributed by atoms with Crippen LogP contribution in [0.3, 0.4) is 0 Å². The Morgan fingerprint density at radius 2 is 2.25 bits per heavy atom. The summed E-state index contributed by atoms with van der Waals surface area (Å²) in [5.74, 6) is -0.623. The highest BCUT2D eigenvalue weighted by molar-refractivity contribution is 5.85. The number of hydrogen-bond donors (Lipinski definition) is 0. The minimum Gasteiger partial charge on any atom is -0.487 e. The van der Waals surface area contributed by atoms with Gasteiger partial charge in [-0.25, -0.2) is 4.79 Å². The van der Waals surface area contributed by atoms with E-state index in [9.17, 15) is 4.79 Å². The van der Waals surface area contributed by atoms with Gasteiger partial charge in [0.05, 0.1) is 19.1 Å². The van der Waals surface area contributed by atoms with Crippen LogP contribution in [-0.4, -0.2) is 19.2 Å². The lowest BCUT2D eigenvalue weighted by Gasteiger charge is -2.04. The van der Waals surface area contributed by atoms with Gasteiger partial charge in [0.1, 0.15) is 6.61 Å². The Labute approximate surface area is 71.4 Å². The van der Waals surface area contributed by atoms with E-state index in [1.165, 1.54) is 0 Å². The molecule has 0 radical (unpaired) electrons. The fraction of sp³-hybridized carbons (Fsp3) is 0.500. The van der Waals surface area contributed by atoms with Crippen LogP contribution >= 0.6 is 0 Å². The van der Waals surface area contributed by atoms with Gasteiger partial charge in [-0.1, -0.05) is 0 Å². The van der Waals surface area contributed by atoms with Crippen LogP contribution in [0.5, 0.6) is 0 Å². The van der Waals surface area contributed by atoms with Crippen LogP contribution in [0.15, 0.2) is 12.3 Å². The van der Waals surface area contributed by atoms with E-state index in [2.05, 4.69) is 11.3 Å². The van der Waals surface area contributed by atoms with Crippen LogP contribution in [0.4, 0.5) is 0 Å². The second-order valence-electron chi connectivity index (χ2n) is 1.90. The fourth-order valence-corrected chi connectivity index (χ4v) is 0.503. The molecule has 0 saturated carbocycles. The van der Waals surface area contributed by atoms with Gasteiger partial charge in [0, 0.05) is 0 Å². The lowest BCUT2D eigenvalue weighted by Crippen LogP contribution is -2.10. The Kier molecular flexibility index (Phi) is 5.45. The summed E-state index contributed by atoms with van der Waals surface area (Å²) in [6.07, 6.45) is 0.186. The molecule has 0 fully saturated rings. The second-order valence-corrected chi connectivity index (χ2v) is 1.90. The average Bonchev–Trinajstić information content (AvgIpc) is 2.05. The van der Waals surface area contributed by atoms with Gasteiger partial charge in [-0.15, -0.1) is 0 Å². The largest absolute Gasteiger partial charge is 0.487 e. The highest BCUT2D eigenvalue weighted by Crippen LogP contribution is 1.96. The minimum absolute atomic E-state index is 0.0181. The number of esters is 1. The van der Waals surface area contributed by atoms with Crippen LogP contribution in [0.1, 0.15) is 13.3 Å². The van der Waals surface area contributed by atoms with Crippen molar-refractivity contribution >= 4 is 5.97 Å². The smallest absolute Gasteiger partial charge is 0.372 e. The number of nitrogens with zero attached hydrogens (tertiary/aromatic N) is 1. The van der Waals surface area contributed by atoms with Crippen molar-refractivity contribution in [3.05, 3.63) is 12.3 Å². The molecule has 0 aromatic heterocycles. The van der Waals surface area contributed by atoms with E-state index in [1.807, 2.05) is 6.07 Å². The summed E-state index contributed by atoms with van der Waals surface area (Å²) in [6.45, 7) is 5.55. The molecule has 0 aromatic rings. The molecule has 0 spiro atoms. The summed E-state index contributed by atoms with van der Waals surface area (Å²) >= 11 is 0. The van der Waals surface area contributed by atoms with Gasteiger partial charge in [0.2, 0.25) is 0 Å². The Hall–Kier alpha value is -1.50. The summed E-state index contributed by atoms with van der Waals surface area (Å²) in [5, 5.41) is 8.13. The number of rotatable bonds is 5. The van der Waals surface area contributed by atoms with Crippen molar-refractivity contribution in [1.82, 2.24) is 0 Å². The van der Waals surface area contributed by atoms with Gasteiger partial charge in [-0.05, 0) is 13.5 Å². The van der Waals surface area contributed by atoms with Crippen molar-refractivity contribution in [3.63, 3.8) is 0 Å². The van der Waals surface area contributed by atoms with Crippen LogP contribution < -0.4 is 0 Å². The summed E-state index contributed by atoms with van der Waals surface area (Å²) in [7, 11) is 0. The quantitative estimate of drug-likeness (QED) is 0.266. The van der Waals surface area contributed by atoms with E-state index in [-0.39, 0.29) is 18.8 Å². The Morgan fingerprint density at radius 3 is 2.75 bits per heavy atom. The van der Waals surface area contributed by atoms with E-state index in [0.29, 0.717) is 6.61 Å². The molecule has 0 atom stereocenters. The molecule has 12 heavy (non-hydrogen) atoms. The summed E-state index contributed by atoms with van der Waals surface area (Å²) in [6, 6.07) is 1.85. The highest BCUT2D eigenvalue weighted by atomic mass is 16.6. The molecular formula is C8H11NO3. The minimum atomic E-state index is -0.605. The Balaban J connectivity index is 3.59. The molecule has 4 heteroatoms. The van der Waals surface area contributed by atoms with Gasteiger partial charge >= 0.3 is 5.97 Å². The Morgan fingerprint density at radius 1 is 1.58 bits per heavy atom. The average molecular weight is 169 g/mol. The summed E-state index contributed by atoms with van der Waals surface area (Å²) in [4.78, 5) is 10.9. The molecule has 0 amide bonds. The predicted octanol–water partition coefficient (Wildman–Crippen LogP) is 0.993. The molecule has 0 aliphatic rings. The zero-order valence-corrected chi connectivity index (χ0v) is 7.00. The van der Waals surface area contributed by atoms with Crippen molar-refractivity contribution in [1.29, 1.82) is 5.26 Å². The van der Waals surface area contributed by atoms with Crippen molar-refractivity contribution in [2.75, 3.05) is 13.2 Å². The standard InChI is InChI=1S/C8H11NO3/c1-3-11-7(2)8(10)12-6-4-5-9/h2-4,6H2,1H3. The maximum absolute atomic E-state index is 10.9. The predicted molar refractivity (Wildman–Crippen MR) is 42.0 cm³/mol. The molecule has 4 nitrogen and oxygen atoms in total. The third kappa shape index (κ3) is 4.34. The maximum Gasteiger partial charge on any atom is 0.372 e. The molecule has 66 valence electrons. The first-order chi connectivity index (χ1) is 5.72. The number of carbonyl (C=O) groups excluding carboxylic acids is 1. The van der Waals surface area contributed by atoms with E-state index >= 15 is 0 Å². The molecule has 0 unspecified atom stereocenters. The summed E-state index contributed by atoms with van der Waals surface area (Å²) < 4.78 is 9.39. The fourth-order valence-electron chi connectivity index (χ4n) is 0.503. The molecule has 0 rings (SSSR count). The van der Waals surface area contributed by atoms with Gasteiger partial charge in [-0.3, -0.25) is 0 Å². The van der Waals surface area contributed by atoms with Crippen molar-refractivity contribution in [2.45, 2.75) is 13.3 Å². The first kappa shape index (κ1) is 10.5. The van der Waals surface area contributed by atoms with E-state index in [1.54, 1.807) is 6.92 Å². The number of hydrogen-bond acceptors (Lipinski definition) is 4. The van der Waals surface area contributed by atoms with Gasteiger partial charge in [0.25, 0.3) is 0 Å². The zero-order chi connectivity index (χ0) is 9.40. The van der Waals surface area contributed by atoms with Crippen LogP contribution in [0.25, 0.3) is 0 Å². The second kappa shape index (κ2) is 6.23. The van der Waals surface area contributed by atoms with E-state index in [4.69, 9.17) is 10.00 Å². The Bertz CT molecular complexity index is 205. The third-order valence-electron chi connectivity index (χ3n) is 0.993. The third-order valence-corrected chi connectivity index (χ3v) is 0.993. The molecule has 0 heterocycles. The molecule has 0 bridgehead atoms. The number of carbonyl (C=O) groups is 1. The lowest BCUT2D eigenvalue weighted by molar-refractivity contribution is -0.142. The molecule has 0 N–H and O–H groups in total. The van der Waals surface area contributed by atoms with Gasteiger partial charge in [0.15, 0.2) is 5.76 Å². The molecule has 0 aliphatic carbocycles. The number of ether oxygens (including phenoxy) is 2. The normalized spacial score (nSPS) is 8.33. The van der Waals surface area contributed by atoms with E-state index in [0.717, 1.165) is 0 Å². The first-order valence-electron chi connectivity index (χ1n) is 3.58. The zero-order valence-electron chi connectivity index (χ0n) is 7.00. The molecule has 0 aromatic carbocycles. The van der Waals surface area contributed by atoms with Crippen LogP contribution in [0.2, 0.25) is 0 Å². The molecule has 0 aliphatic heterocycles. The van der Waals surface area contributed by atoms with Crippen LogP contribution in [0, 0.1) is 11.3 Å². The van der Waals surface area contributed by atoms with Gasteiger partial charge < -0.3 is 9.47 Å². The summed E-state index contributed by atoms with van der Waals surface area (Å²) in [5.41, 5.74) is 0. The van der Waals surface area contributed by atoms with Crippen LogP contribution in [-0.2, 0) is 14.3 Å². The van der Waals surface area contributed by atoms with Crippen molar-refractivity contribution in [2.24, 2.45) is 0 Å². The molecule has 0 saturated heterocycles. The highest BCUT2D eigenvalue weighted by Gasteiger charge is 2.07.